The molecule has 0 spiro atoms. The van der Waals surface area contributed by atoms with E-state index in [0.29, 0.717) is 18.6 Å². The number of carboxylic acid groups (broad SMARTS) is 1. The largest absolute Gasteiger partial charge is 0.493 e. The SMILES string of the molecule is NC1(C(=O)O)CCCC1CCOc1cccc([N+](=O)[O-])c1. The molecule has 1 aromatic rings. The molecule has 21 heavy (non-hydrogen) atoms. The van der Waals surface area contributed by atoms with Crippen LogP contribution >= 0.6 is 0 Å². The summed E-state index contributed by atoms with van der Waals surface area (Å²) in [6.07, 6.45) is 2.56. The molecule has 0 heterocycles. The van der Waals surface area contributed by atoms with Crippen LogP contribution in [0.2, 0.25) is 0 Å². The Bertz CT molecular complexity index is 548. The van der Waals surface area contributed by atoms with E-state index in [1.165, 1.54) is 12.1 Å². The van der Waals surface area contributed by atoms with Gasteiger partial charge in [-0.2, -0.15) is 0 Å². The predicted octanol–water partition coefficient (Wildman–Crippen LogP) is 1.95. The second-order valence-corrected chi connectivity index (χ2v) is 5.33. The van der Waals surface area contributed by atoms with Gasteiger partial charge in [-0.25, -0.2) is 0 Å². The van der Waals surface area contributed by atoms with Gasteiger partial charge in [0.25, 0.3) is 5.69 Å². The molecular formula is C14H18N2O5. The van der Waals surface area contributed by atoms with Crippen LogP contribution in [-0.4, -0.2) is 28.1 Å². The standard InChI is InChI=1S/C14H18N2O5/c15-14(13(17)18)7-2-3-10(14)6-8-21-12-5-1-4-11(9-12)16(19)20/h1,4-5,9-10H,2-3,6-8,15H2,(H,17,18). The number of nitrogens with zero attached hydrogens (tertiary/aromatic N) is 1. The molecule has 1 aromatic carbocycles. The van der Waals surface area contributed by atoms with Gasteiger partial charge >= 0.3 is 5.97 Å². The number of aliphatic carboxylic acids is 1. The van der Waals surface area contributed by atoms with Crippen LogP contribution in [-0.2, 0) is 4.79 Å². The molecular weight excluding hydrogens is 276 g/mol. The minimum atomic E-state index is -1.17. The molecule has 7 heteroatoms. The lowest BCUT2D eigenvalue weighted by Gasteiger charge is -2.26. The normalized spacial score (nSPS) is 24.7. The van der Waals surface area contributed by atoms with Crippen LogP contribution in [0.15, 0.2) is 24.3 Å². The first-order valence-electron chi connectivity index (χ1n) is 6.83. The van der Waals surface area contributed by atoms with Crippen molar-refractivity contribution in [3.05, 3.63) is 34.4 Å². The number of non-ortho nitro benzene ring substituents is 1. The molecule has 7 nitrogen and oxygen atoms in total. The molecule has 2 rings (SSSR count). The average Bonchev–Trinajstić information content (AvgIpc) is 2.82. The van der Waals surface area contributed by atoms with Crippen LogP contribution in [0.5, 0.6) is 5.75 Å². The van der Waals surface area contributed by atoms with Crippen LogP contribution < -0.4 is 10.5 Å². The maximum Gasteiger partial charge on any atom is 0.323 e. The summed E-state index contributed by atoms with van der Waals surface area (Å²) in [5.41, 5.74) is 4.74. The van der Waals surface area contributed by atoms with Crippen LogP contribution in [0.4, 0.5) is 5.69 Å². The second-order valence-electron chi connectivity index (χ2n) is 5.33. The fourth-order valence-corrected chi connectivity index (χ4v) is 2.79. The Hall–Kier alpha value is -2.15. The highest BCUT2D eigenvalue weighted by molar-refractivity contribution is 5.79. The molecule has 0 bridgehead atoms. The summed E-state index contributed by atoms with van der Waals surface area (Å²) in [4.78, 5) is 21.4. The summed E-state index contributed by atoms with van der Waals surface area (Å²) in [6, 6.07) is 5.92. The Balaban J connectivity index is 1.91. The smallest absolute Gasteiger partial charge is 0.323 e. The van der Waals surface area contributed by atoms with Gasteiger partial charge in [-0.1, -0.05) is 12.5 Å². The molecule has 0 saturated heterocycles. The van der Waals surface area contributed by atoms with E-state index in [-0.39, 0.29) is 18.2 Å². The first-order chi connectivity index (χ1) is 9.93. The molecule has 1 saturated carbocycles. The summed E-state index contributed by atoms with van der Waals surface area (Å²) in [5, 5.41) is 19.9. The quantitative estimate of drug-likeness (QED) is 0.612. The van der Waals surface area contributed by atoms with Crippen molar-refractivity contribution in [1.29, 1.82) is 0 Å². The molecule has 2 unspecified atom stereocenters. The van der Waals surface area contributed by atoms with E-state index in [0.717, 1.165) is 12.8 Å². The first kappa shape index (κ1) is 15.2. The maximum absolute atomic E-state index is 11.2. The molecule has 1 aliphatic carbocycles. The number of ether oxygens (including phenoxy) is 1. The van der Waals surface area contributed by atoms with Crippen molar-refractivity contribution in [2.75, 3.05) is 6.61 Å². The third-order valence-electron chi connectivity index (χ3n) is 4.03. The van der Waals surface area contributed by atoms with Gasteiger partial charge in [0.1, 0.15) is 11.3 Å². The maximum atomic E-state index is 11.2. The number of carbonyl (C=O) groups is 1. The van der Waals surface area contributed by atoms with Crippen LogP contribution in [0, 0.1) is 16.0 Å². The number of carboxylic acids is 1. The lowest BCUT2D eigenvalue weighted by Crippen LogP contribution is -2.51. The Morgan fingerprint density at radius 1 is 1.57 bits per heavy atom. The van der Waals surface area contributed by atoms with E-state index in [1.54, 1.807) is 12.1 Å². The van der Waals surface area contributed by atoms with E-state index >= 15 is 0 Å². The lowest BCUT2D eigenvalue weighted by atomic mass is 9.86. The number of nitro groups is 1. The van der Waals surface area contributed by atoms with Gasteiger partial charge in [0, 0.05) is 6.07 Å². The Kier molecular flexibility index (Phi) is 4.42. The molecule has 114 valence electrons. The second kappa shape index (κ2) is 6.09. The van der Waals surface area contributed by atoms with Crippen molar-refractivity contribution in [3.63, 3.8) is 0 Å². The van der Waals surface area contributed by atoms with Crippen molar-refractivity contribution in [1.82, 2.24) is 0 Å². The fraction of sp³-hybridized carbons (Fsp3) is 0.500. The van der Waals surface area contributed by atoms with Gasteiger partial charge in [0.15, 0.2) is 0 Å². The van der Waals surface area contributed by atoms with E-state index < -0.39 is 16.4 Å². The van der Waals surface area contributed by atoms with Crippen LogP contribution in [0.25, 0.3) is 0 Å². The highest BCUT2D eigenvalue weighted by atomic mass is 16.6. The van der Waals surface area contributed by atoms with Gasteiger partial charge in [0.05, 0.1) is 17.6 Å². The molecule has 1 fully saturated rings. The molecule has 0 amide bonds. The molecule has 0 aliphatic heterocycles. The van der Waals surface area contributed by atoms with E-state index in [4.69, 9.17) is 10.5 Å². The summed E-state index contributed by atoms with van der Waals surface area (Å²) in [7, 11) is 0. The third kappa shape index (κ3) is 3.30. The van der Waals surface area contributed by atoms with E-state index in [2.05, 4.69) is 0 Å². The Morgan fingerprint density at radius 2 is 2.33 bits per heavy atom. The van der Waals surface area contributed by atoms with E-state index in [1.807, 2.05) is 0 Å². The molecule has 2 atom stereocenters. The summed E-state index contributed by atoms with van der Waals surface area (Å²) in [5.74, 6) is -0.700. The topological polar surface area (TPSA) is 116 Å². The minimum Gasteiger partial charge on any atom is -0.493 e. The molecule has 0 aromatic heterocycles. The lowest BCUT2D eigenvalue weighted by molar-refractivity contribution is -0.384. The zero-order valence-electron chi connectivity index (χ0n) is 11.5. The number of hydrogen-bond acceptors (Lipinski definition) is 5. The minimum absolute atomic E-state index is 0.0351. The zero-order valence-corrected chi connectivity index (χ0v) is 11.5. The summed E-state index contributed by atoms with van der Waals surface area (Å²) < 4.78 is 5.48. The third-order valence-corrected chi connectivity index (χ3v) is 4.03. The van der Waals surface area contributed by atoms with Gasteiger partial charge in [0.2, 0.25) is 0 Å². The number of rotatable bonds is 6. The van der Waals surface area contributed by atoms with Crippen molar-refractivity contribution >= 4 is 11.7 Å². The van der Waals surface area contributed by atoms with Gasteiger partial charge < -0.3 is 15.6 Å². The van der Waals surface area contributed by atoms with Crippen molar-refractivity contribution in [3.8, 4) is 5.75 Å². The molecule has 3 N–H and O–H groups in total. The highest BCUT2D eigenvalue weighted by Crippen LogP contribution is 2.36. The zero-order chi connectivity index (χ0) is 15.5. The molecule has 0 radical (unpaired) electrons. The predicted molar refractivity (Wildman–Crippen MR) is 75.1 cm³/mol. The first-order valence-corrected chi connectivity index (χ1v) is 6.83. The fourth-order valence-electron chi connectivity index (χ4n) is 2.79. The van der Waals surface area contributed by atoms with E-state index in [9.17, 15) is 20.0 Å². The van der Waals surface area contributed by atoms with Crippen molar-refractivity contribution in [2.24, 2.45) is 11.7 Å². The Morgan fingerprint density at radius 3 is 3.00 bits per heavy atom. The van der Waals surface area contributed by atoms with Crippen molar-refractivity contribution in [2.45, 2.75) is 31.2 Å². The summed E-state index contributed by atoms with van der Waals surface area (Å²) in [6.45, 7) is 0.290. The Labute approximate surface area is 121 Å². The van der Waals surface area contributed by atoms with Crippen LogP contribution in [0.3, 0.4) is 0 Å². The monoisotopic (exact) mass is 294 g/mol. The van der Waals surface area contributed by atoms with Crippen molar-refractivity contribution < 1.29 is 19.6 Å². The number of nitro benzene ring substituents is 1. The van der Waals surface area contributed by atoms with Crippen LogP contribution in [0.1, 0.15) is 25.7 Å². The summed E-state index contributed by atoms with van der Waals surface area (Å²) >= 11 is 0. The average molecular weight is 294 g/mol. The van der Waals surface area contributed by atoms with Gasteiger partial charge in [-0.05, 0) is 31.2 Å². The number of benzene rings is 1. The number of hydrogen-bond donors (Lipinski definition) is 2. The van der Waals surface area contributed by atoms with Gasteiger partial charge in [-0.3, -0.25) is 14.9 Å². The number of nitrogens with two attached hydrogens (primary N) is 1. The molecule has 1 aliphatic rings. The van der Waals surface area contributed by atoms with Gasteiger partial charge in [-0.15, -0.1) is 0 Å². The highest BCUT2D eigenvalue weighted by Gasteiger charge is 2.45.